The molecule has 1 aliphatic heterocycles. The quantitative estimate of drug-likeness (QED) is 0.861. The lowest BCUT2D eigenvalue weighted by Crippen LogP contribution is -2.48. The van der Waals surface area contributed by atoms with Gasteiger partial charge < -0.3 is 10.1 Å². The van der Waals surface area contributed by atoms with Crippen molar-refractivity contribution < 1.29 is 22.3 Å². The predicted molar refractivity (Wildman–Crippen MR) is 57.9 cm³/mol. The van der Waals surface area contributed by atoms with E-state index in [2.05, 4.69) is 5.32 Å². The maximum atomic E-state index is 13.6. The van der Waals surface area contributed by atoms with Crippen molar-refractivity contribution in [3.8, 4) is 0 Å². The molecule has 1 heterocycles. The second-order valence-corrected chi connectivity index (χ2v) is 4.37. The number of benzene rings is 1. The third kappa shape index (κ3) is 2.76. The molecule has 1 fully saturated rings. The lowest BCUT2D eigenvalue weighted by atomic mass is 10.1. The smallest absolute Gasteiger partial charge is 0.371 e. The minimum atomic E-state index is -4.66. The largest absolute Gasteiger partial charge is 0.417 e. The Morgan fingerprint density at radius 1 is 1.33 bits per heavy atom. The van der Waals surface area contributed by atoms with Crippen LogP contribution in [0.2, 0.25) is 5.02 Å². The predicted octanol–water partition coefficient (Wildman–Crippen LogP) is 2.99. The molecule has 2 nitrogen and oxygen atoms in total. The summed E-state index contributed by atoms with van der Waals surface area (Å²) in [5.41, 5.74) is -1.14. The standard InChI is InChI=1S/C11H10ClF4NO/c12-9-8(11(14,15)16)2-1-6(10(9)13)5-18-7-3-17-4-7/h1-2,7,17H,3-5H2. The Balaban J connectivity index is 2.15. The lowest BCUT2D eigenvalue weighted by Gasteiger charge is -2.27. The molecule has 1 aliphatic rings. The van der Waals surface area contributed by atoms with Crippen LogP contribution >= 0.6 is 11.6 Å². The average Bonchev–Trinajstić information content (AvgIpc) is 2.20. The first-order valence-corrected chi connectivity index (χ1v) is 5.64. The van der Waals surface area contributed by atoms with Crippen LogP contribution in [-0.4, -0.2) is 19.2 Å². The Morgan fingerprint density at radius 2 is 2.00 bits per heavy atom. The molecule has 1 aromatic carbocycles. The fraction of sp³-hybridized carbons (Fsp3) is 0.455. The molecule has 1 aromatic rings. The van der Waals surface area contributed by atoms with Gasteiger partial charge in [0.25, 0.3) is 0 Å². The van der Waals surface area contributed by atoms with Crippen LogP contribution in [0, 0.1) is 5.82 Å². The van der Waals surface area contributed by atoms with Gasteiger partial charge in [-0.1, -0.05) is 17.7 Å². The van der Waals surface area contributed by atoms with Crippen LogP contribution in [0.4, 0.5) is 17.6 Å². The third-order valence-electron chi connectivity index (χ3n) is 2.69. The van der Waals surface area contributed by atoms with Crippen LogP contribution in [0.5, 0.6) is 0 Å². The van der Waals surface area contributed by atoms with E-state index in [9.17, 15) is 17.6 Å². The van der Waals surface area contributed by atoms with Crippen molar-refractivity contribution in [3.63, 3.8) is 0 Å². The Morgan fingerprint density at radius 3 is 2.50 bits per heavy atom. The number of alkyl halides is 3. The first-order chi connectivity index (χ1) is 8.39. The number of ether oxygens (including phenoxy) is 1. The van der Waals surface area contributed by atoms with E-state index in [1.54, 1.807) is 0 Å². The molecule has 0 bridgehead atoms. The Kier molecular flexibility index (Phi) is 3.79. The summed E-state index contributed by atoms with van der Waals surface area (Å²) in [6, 6.07) is 1.82. The van der Waals surface area contributed by atoms with E-state index in [4.69, 9.17) is 16.3 Å². The van der Waals surface area contributed by atoms with Gasteiger partial charge in [0, 0.05) is 18.7 Å². The first-order valence-electron chi connectivity index (χ1n) is 5.26. The highest BCUT2D eigenvalue weighted by atomic mass is 35.5. The van der Waals surface area contributed by atoms with Gasteiger partial charge in [0.1, 0.15) is 5.82 Å². The molecule has 0 unspecified atom stereocenters. The topological polar surface area (TPSA) is 21.3 Å². The zero-order valence-corrected chi connectivity index (χ0v) is 9.91. The number of rotatable bonds is 3. The SMILES string of the molecule is Fc1c(COC2CNC2)ccc(C(F)(F)F)c1Cl. The Bertz CT molecular complexity index is 445. The summed E-state index contributed by atoms with van der Waals surface area (Å²) >= 11 is 5.38. The van der Waals surface area contributed by atoms with Crippen LogP contribution in [-0.2, 0) is 17.5 Å². The van der Waals surface area contributed by atoms with E-state index in [0.717, 1.165) is 12.1 Å². The van der Waals surface area contributed by atoms with Gasteiger partial charge >= 0.3 is 6.18 Å². The molecule has 0 aromatic heterocycles. The number of nitrogens with one attached hydrogen (secondary N) is 1. The highest BCUT2D eigenvalue weighted by Crippen LogP contribution is 2.36. The van der Waals surface area contributed by atoms with Gasteiger partial charge in [0.15, 0.2) is 0 Å². The Hall–Kier alpha value is -0.850. The third-order valence-corrected chi connectivity index (χ3v) is 3.06. The van der Waals surface area contributed by atoms with E-state index in [1.807, 2.05) is 0 Å². The number of hydrogen-bond donors (Lipinski definition) is 1. The molecule has 0 spiro atoms. The molecule has 0 aliphatic carbocycles. The molecular weight excluding hydrogens is 274 g/mol. The summed E-state index contributed by atoms with van der Waals surface area (Å²) in [5, 5.41) is 2.05. The zero-order valence-electron chi connectivity index (χ0n) is 9.15. The normalized spacial score (nSPS) is 16.7. The van der Waals surface area contributed by atoms with Crippen molar-refractivity contribution in [2.45, 2.75) is 18.9 Å². The summed E-state index contributed by atoms with van der Waals surface area (Å²) in [6.45, 7) is 1.24. The van der Waals surface area contributed by atoms with E-state index in [1.165, 1.54) is 0 Å². The summed E-state index contributed by atoms with van der Waals surface area (Å²) in [5.74, 6) is -1.07. The number of halogens is 5. The summed E-state index contributed by atoms with van der Waals surface area (Å²) < 4.78 is 56.3. The van der Waals surface area contributed by atoms with E-state index >= 15 is 0 Å². The first kappa shape index (κ1) is 13.6. The van der Waals surface area contributed by atoms with Crippen LogP contribution in [0.25, 0.3) is 0 Å². The van der Waals surface area contributed by atoms with Gasteiger partial charge in [-0.25, -0.2) is 4.39 Å². The molecule has 7 heteroatoms. The monoisotopic (exact) mass is 283 g/mol. The molecule has 0 saturated carbocycles. The summed E-state index contributed by atoms with van der Waals surface area (Å²) in [4.78, 5) is 0. The minimum absolute atomic E-state index is 0.0227. The fourth-order valence-electron chi connectivity index (χ4n) is 1.51. The van der Waals surface area contributed by atoms with Crippen LogP contribution in [0.15, 0.2) is 12.1 Å². The van der Waals surface area contributed by atoms with Crippen LogP contribution in [0.1, 0.15) is 11.1 Å². The van der Waals surface area contributed by atoms with Gasteiger partial charge in [-0.2, -0.15) is 13.2 Å². The molecule has 1 N–H and O–H groups in total. The van der Waals surface area contributed by atoms with Crippen molar-refractivity contribution in [2.75, 3.05) is 13.1 Å². The van der Waals surface area contributed by atoms with E-state index < -0.39 is 22.6 Å². The zero-order chi connectivity index (χ0) is 13.3. The molecule has 1 saturated heterocycles. The molecule has 100 valence electrons. The lowest BCUT2D eigenvalue weighted by molar-refractivity contribution is -0.137. The highest BCUT2D eigenvalue weighted by molar-refractivity contribution is 6.31. The van der Waals surface area contributed by atoms with Gasteiger partial charge in [-0.3, -0.25) is 0 Å². The van der Waals surface area contributed by atoms with Gasteiger partial charge in [0.2, 0.25) is 0 Å². The van der Waals surface area contributed by atoms with Crippen molar-refractivity contribution in [3.05, 3.63) is 34.1 Å². The van der Waals surface area contributed by atoms with Crippen molar-refractivity contribution in [1.82, 2.24) is 5.32 Å². The van der Waals surface area contributed by atoms with Crippen LogP contribution in [0.3, 0.4) is 0 Å². The van der Waals surface area contributed by atoms with Gasteiger partial charge in [-0.15, -0.1) is 0 Å². The van der Waals surface area contributed by atoms with Gasteiger partial charge in [-0.05, 0) is 6.07 Å². The van der Waals surface area contributed by atoms with Crippen LogP contribution < -0.4 is 5.32 Å². The second kappa shape index (κ2) is 5.03. The fourth-order valence-corrected chi connectivity index (χ4v) is 1.80. The number of hydrogen-bond acceptors (Lipinski definition) is 2. The molecular formula is C11H10ClF4NO. The average molecular weight is 284 g/mol. The molecule has 0 radical (unpaired) electrons. The molecule has 18 heavy (non-hydrogen) atoms. The van der Waals surface area contributed by atoms with E-state index in [0.29, 0.717) is 13.1 Å². The maximum Gasteiger partial charge on any atom is 0.417 e. The van der Waals surface area contributed by atoms with E-state index in [-0.39, 0.29) is 18.3 Å². The summed E-state index contributed by atoms with van der Waals surface area (Å²) in [7, 11) is 0. The summed E-state index contributed by atoms with van der Waals surface area (Å²) in [6.07, 6.45) is -4.68. The van der Waals surface area contributed by atoms with Crippen molar-refractivity contribution in [2.24, 2.45) is 0 Å². The maximum absolute atomic E-state index is 13.6. The Labute approximate surface area is 106 Å². The van der Waals surface area contributed by atoms with Crippen molar-refractivity contribution in [1.29, 1.82) is 0 Å². The second-order valence-electron chi connectivity index (χ2n) is 3.99. The highest BCUT2D eigenvalue weighted by Gasteiger charge is 2.35. The molecule has 0 amide bonds. The molecule has 2 rings (SSSR count). The minimum Gasteiger partial charge on any atom is -0.371 e. The van der Waals surface area contributed by atoms with Crippen molar-refractivity contribution >= 4 is 11.6 Å². The van der Waals surface area contributed by atoms with Gasteiger partial charge in [0.05, 0.1) is 23.3 Å². The molecule has 0 atom stereocenters.